The molecule has 122 valence electrons. The Morgan fingerprint density at radius 1 is 1.36 bits per heavy atom. The minimum atomic E-state index is -2.82. The van der Waals surface area contributed by atoms with Crippen LogP contribution in [0.25, 0.3) is 0 Å². The van der Waals surface area contributed by atoms with E-state index in [4.69, 9.17) is 0 Å². The summed E-state index contributed by atoms with van der Waals surface area (Å²) in [5.41, 5.74) is 0.689. The van der Waals surface area contributed by atoms with Gasteiger partial charge in [0.05, 0.1) is 0 Å². The number of nitrogens with zero attached hydrogens (tertiary/aromatic N) is 2. The number of rotatable bonds is 4. The van der Waals surface area contributed by atoms with Gasteiger partial charge in [0.15, 0.2) is 5.96 Å². The molecule has 1 heterocycles. The van der Waals surface area contributed by atoms with Crippen molar-refractivity contribution in [3.8, 4) is 5.75 Å². The number of benzene rings is 1. The Bertz CT molecular complexity index is 500. The van der Waals surface area contributed by atoms with Gasteiger partial charge in [0.1, 0.15) is 5.75 Å². The van der Waals surface area contributed by atoms with Crippen molar-refractivity contribution in [2.45, 2.75) is 32.9 Å². The van der Waals surface area contributed by atoms with Gasteiger partial charge in [-0.1, -0.05) is 25.1 Å². The lowest BCUT2D eigenvalue weighted by Crippen LogP contribution is -2.45. The molecule has 4 nitrogen and oxygen atoms in total. The normalized spacial score (nSPS) is 17.0. The highest BCUT2D eigenvalue weighted by molar-refractivity contribution is 5.80. The highest BCUT2D eigenvalue weighted by atomic mass is 19.3. The number of hydrogen-bond donors (Lipinski definition) is 1. The Kier molecular flexibility index (Phi) is 5.98. The molecule has 22 heavy (non-hydrogen) atoms. The molecule has 0 spiro atoms. The number of alkyl halides is 2. The second-order valence-corrected chi connectivity index (χ2v) is 5.56. The molecule has 2 rings (SSSR count). The molecule has 1 saturated heterocycles. The van der Waals surface area contributed by atoms with Crippen LogP contribution in [0.1, 0.15) is 25.3 Å². The molecule has 1 aromatic rings. The monoisotopic (exact) mass is 311 g/mol. The highest BCUT2D eigenvalue weighted by Gasteiger charge is 2.18. The van der Waals surface area contributed by atoms with Crippen LogP contribution in [0, 0.1) is 5.92 Å². The Balaban J connectivity index is 1.96. The number of aliphatic imine (C=N–C) groups is 1. The largest absolute Gasteiger partial charge is 0.434 e. The van der Waals surface area contributed by atoms with E-state index in [1.807, 2.05) is 0 Å². The Hall–Kier alpha value is -1.85. The first-order valence-corrected chi connectivity index (χ1v) is 7.58. The van der Waals surface area contributed by atoms with Crippen LogP contribution in [0.3, 0.4) is 0 Å². The summed E-state index contributed by atoms with van der Waals surface area (Å²) in [5.74, 6) is 1.75. The predicted molar refractivity (Wildman–Crippen MR) is 83.2 cm³/mol. The molecule has 0 atom stereocenters. The van der Waals surface area contributed by atoms with E-state index in [2.05, 4.69) is 26.9 Å². The summed E-state index contributed by atoms with van der Waals surface area (Å²) in [6.07, 6.45) is 2.29. The third-order valence-electron chi connectivity index (χ3n) is 3.92. The van der Waals surface area contributed by atoms with Crippen LogP contribution in [0.5, 0.6) is 5.75 Å². The maximum atomic E-state index is 12.4. The van der Waals surface area contributed by atoms with E-state index in [0.717, 1.165) is 37.8 Å². The minimum absolute atomic E-state index is 0.202. The lowest BCUT2D eigenvalue weighted by molar-refractivity contribution is -0.0504. The summed E-state index contributed by atoms with van der Waals surface area (Å²) in [6, 6.07) is 6.81. The number of likely N-dealkylation sites (tertiary alicyclic amines) is 1. The molecular weight excluding hydrogens is 288 g/mol. The summed E-state index contributed by atoms with van der Waals surface area (Å²) in [5, 5.41) is 3.23. The lowest BCUT2D eigenvalue weighted by Gasteiger charge is -2.33. The zero-order chi connectivity index (χ0) is 15.9. The highest BCUT2D eigenvalue weighted by Crippen LogP contribution is 2.20. The van der Waals surface area contributed by atoms with Crippen LogP contribution in [0.2, 0.25) is 0 Å². The number of hydrogen-bond acceptors (Lipinski definition) is 2. The van der Waals surface area contributed by atoms with E-state index in [0.29, 0.717) is 12.1 Å². The van der Waals surface area contributed by atoms with Crippen molar-refractivity contribution in [2.24, 2.45) is 10.9 Å². The third-order valence-corrected chi connectivity index (χ3v) is 3.92. The second kappa shape index (κ2) is 7.96. The number of guanidine groups is 1. The molecule has 1 aliphatic rings. The quantitative estimate of drug-likeness (QED) is 0.686. The zero-order valence-corrected chi connectivity index (χ0v) is 13.1. The fourth-order valence-electron chi connectivity index (χ4n) is 2.59. The van der Waals surface area contributed by atoms with Crippen molar-refractivity contribution in [2.75, 3.05) is 20.1 Å². The fourth-order valence-corrected chi connectivity index (χ4v) is 2.59. The summed E-state index contributed by atoms with van der Waals surface area (Å²) >= 11 is 0. The number of ether oxygens (including phenoxy) is 1. The smallest absolute Gasteiger partial charge is 0.387 e. The van der Waals surface area contributed by atoms with E-state index in [-0.39, 0.29) is 5.75 Å². The van der Waals surface area contributed by atoms with Gasteiger partial charge in [-0.15, -0.1) is 0 Å². The van der Waals surface area contributed by atoms with Gasteiger partial charge in [0, 0.05) is 32.2 Å². The van der Waals surface area contributed by atoms with Gasteiger partial charge >= 0.3 is 6.61 Å². The van der Waals surface area contributed by atoms with Crippen molar-refractivity contribution < 1.29 is 13.5 Å². The van der Waals surface area contributed by atoms with E-state index in [1.165, 1.54) is 0 Å². The molecule has 0 unspecified atom stereocenters. The van der Waals surface area contributed by atoms with E-state index < -0.39 is 6.61 Å². The van der Waals surface area contributed by atoms with Crippen LogP contribution in [0.15, 0.2) is 29.3 Å². The van der Waals surface area contributed by atoms with Gasteiger partial charge in [0.25, 0.3) is 0 Å². The van der Waals surface area contributed by atoms with Crippen LogP contribution in [-0.2, 0) is 6.54 Å². The molecule has 1 N–H and O–H groups in total. The second-order valence-electron chi connectivity index (χ2n) is 5.56. The van der Waals surface area contributed by atoms with E-state index >= 15 is 0 Å². The van der Waals surface area contributed by atoms with Crippen molar-refractivity contribution in [1.82, 2.24) is 10.2 Å². The molecule has 0 amide bonds. The molecular formula is C16H23F2N3O. The van der Waals surface area contributed by atoms with E-state index in [9.17, 15) is 8.78 Å². The average molecular weight is 311 g/mol. The molecule has 1 fully saturated rings. The zero-order valence-electron chi connectivity index (χ0n) is 13.1. The summed E-state index contributed by atoms with van der Waals surface area (Å²) in [7, 11) is 1.74. The maximum absolute atomic E-state index is 12.4. The first-order chi connectivity index (χ1) is 10.6. The van der Waals surface area contributed by atoms with Crippen molar-refractivity contribution in [3.63, 3.8) is 0 Å². The molecule has 1 aromatic carbocycles. The molecule has 0 aromatic heterocycles. The molecule has 0 bridgehead atoms. The fraction of sp³-hybridized carbons (Fsp3) is 0.562. The van der Waals surface area contributed by atoms with Crippen LogP contribution >= 0.6 is 0 Å². The van der Waals surface area contributed by atoms with Crippen LogP contribution in [0.4, 0.5) is 8.78 Å². The molecule has 0 radical (unpaired) electrons. The summed E-state index contributed by atoms with van der Waals surface area (Å²) in [4.78, 5) is 6.49. The third kappa shape index (κ3) is 4.58. The van der Waals surface area contributed by atoms with Gasteiger partial charge in [0.2, 0.25) is 0 Å². The topological polar surface area (TPSA) is 36.9 Å². The lowest BCUT2D eigenvalue weighted by atomic mass is 9.99. The van der Waals surface area contributed by atoms with Gasteiger partial charge in [-0.3, -0.25) is 4.99 Å². The van der Waals surface area contributed by atoms with E-state index in [1.54, 1.807) is 31.3 Å². The summed E-state index contributed by atoms with van der Waals surface area (Å²) in [6.45, 7) is 1.78. The van der Waals surface area contributed by atoms with Gasteiger partial charge in [-0.2, -0.15) is 8.78 Å². The number of nitrogens with one attached hydrogen (secondary N) is 1. The molecule has 0 saturated carbocycles. The minimum Gasteiger partial charge on any atom is -0.434 e. The SMILES string of the molecule is CN=C(NCc1ccccc1OC(F)F)N1CCC(C)CC1. The van der Waals surface area contributed by atoms with Gasteiger partial charge in [-0.05, 0) is 24.8 Å². The van der Waals surface area contributed by atoms with Crippen LogP contribution in [-0.4, -0.2) is 37.6 Å². The number of para-hydroxylation sites is 1. The first kappa shape index (κ1) is 16.5. The Labute approximate surface area is 130 Å². The standard InChI is InChI=1S/C16H23F2N3O/c1-12-7-9-21(10-8-12)16(19-2)20-11-13-5-3-4-6-14(13)22-15(17)18/h3-6,12,15H,7-11H2,1-2H3,(H,19,20). The molecule has 6 heteroatoms. The first-order valence-electron chi connectivity index (χ1n) is 7.58. The molecule has 0 aliphatic carbocycles. The molecule has 1 aliphatic heterocycles. The van der Waals surface area contributed by atoms with Gasteiger partial charge in [-0.25, -0.2) is 0 Å². The summed E-state index contributed by atoms with van der Waals surface area (Å²) < 4.78 is 29.4. The number of piperidine rings is 1. The Morgan fingerprint density at radius 3 is 2.68 bits per heavy atom. The van der Waals surface area contributed by atoms with Crippen molar-refractivity contribution in [3.05, 3.63) is 29.8 Å². The van der Waals surface area contributed by atoms with Gasteiger partial charge < -0.3 is 15.0 Å². The maximum Gasteiger partial charge on any atom is 0.387 e. The van der Waals surface area contributed by atoms with Crippen LogP contribution < -0.4 is 10.1 Å². The predicted octanol–water partition coefficient (Wildman–Crippen LogP) is 3.10. The number of halogens is 2. The van der Waals surface area contributed by atoms with Crippen molar-refractivity contribution in [1.29, 1.82) is 0 Å². The van der Waals surface area contributed by atoms with Crippen molar-refractivity contribution >= 4 is 5.96 Å². The average Bonchev–Trinajstić information content (AvgIpc) is 2.50. The Morgan fingerprint density at radius 2 is 2.05 bits per heavy atom.